The summed E-state index contributed by atoms with van der Waals surface area (Å²) in [4.78, 5) is 11.0. The lowest BCUT2D eigenvalue weighted by atomic mass is 9.98. The highest BCUT2D eigenvalue weighted by atomic mass is 16.6. The van der Waals surface area contributed by atoms with E-state index in [2.05, 4.69) is 10.6 Å². The van der Waals surface area contributed by atoms with E-state index in [0.717, 1.165) is 6.54 Å². The van der Waals surface area contributed by atoms with Crippen molar-refractivity contribution in [2.45, 2.75) is 31.3 Å². The highest BCUT2D eigenvalue weighted by molar-refractivity contribution is 5.73. The number of carbonyl (C=O) groups excluding carboxylic acids is 1. The number of rotatable bonds is 9. The summed E-state index contributed by atoms with van der Waals surface area (Å²) in [6.45, 7) is 3.90. The predicted molar refractivity (Wildman–Crippen MR) is 74.9 cm³/mol. The van der Waals surface area contributed by atoms with Gasteiger partial charge in [-0.1, -0.05) is 0 Å². The second-order valence-corrected chi connectivity index (χ2v) is 4.95. The molecule has 0 radical (unpaired) electrons. The molecule has 0 aromatic rings. The van der Waals surface area contributed by atoms with Crippen LogP contribution in [0.2, 0.25) is 0 Å². The zero-order valence-electron chi connectivity index (χ0n) is 12.6. The van der Waals surface area contributed by atoms with Crippen molar-refractivity contribution in [3.05, 3.63) is 0 Å². The first-order chi connectivity index (χ1) is 10.1. The Morgan fingerprint density at radius 3 is 2.62 bits per heavy atom. The molecule has 1 fully saturated rings. The molecule has 1 heterocycles. The number of nitrogens with one attached hydrogen (secondary N) is 2. The first-order valence-electron chi connectivity index (χ1n) is 7.11. The van der Waals surface area contributed by atoms with Crippen molar-refractivity contribution in [2.75, 3.05) is 46.6 Å². The Balaban J connectivity index is 2.18. The van der Waals surface area contributed by atoms with Crippen LogP contribution in [-0.2, 0) is 19.0 Å². The van der Waals surface area contributed by atoms with Crippen molar-refractivity contribution in [1.82, 2.24) is 10.6 Å². The maximum atomic E-state index is 11.0. The fourth-order valence-corrected chi connectivity index (χ4v) is 2.01. The highest BCUT2D eigenvalue weighted by Crippen LogP contribution is 2.16. The molecule has 124 valence electrons. The summed E-state index contributed by atoms with van der Waals surface area (Å²) in [6.07, 6.45) is -2.77. The Hall–Kier alpha value is -0.770. The van der Waals surface area contributed by atoms with E-state index in [1.165, 1.54) is 6.92 Å². The molecular formula is C13H26N2O6. The zero-order chi connectivity index (χ0) is 15.7. The second kappa shape index (κ2) is 10.0. The summed E-state index contributed by atoms with van der Waals surface area (Å²) in [7, 11) is 1.85. The molecule has 0 bridgehead atoms. The van der Waals surface area contributed by atoms with Gasteiger partial charge in [0.2, 0.25) is 5.91 Å². The number of hydrogen-bond acceptors (Lipinski definition) is 7. The Morgan fingerprint density at radius 2 is 1.95 bits per heavy atom. The molecule has 1 aliphatic heterocycles. The maximum absolute atomic E-state index is 11.0. The first kappa shape index (κ1) is 18.3. The fraction of sp³-hybridized carbons (Fsp3) is 0.923. The van der Waals surface area contributed by atoms with Gasteiger partial charge in [-0.2, -0.15) is 0 Å². The number of hydrogen-bond donors (Lipinski definition) is 4. The Bertz CT molecular complexity index is 304. The lowest BCUT2D eigenvalue weighted by molar-refractivity contribution is -0.171. The average Bonchev–Trinajstić information content (AvgIpc) is 2.44. The van der Waals surface area contributed by atoms with E-state index in [0.29, 0.717) is 19.8 Å². The van der Waals surface area contributed by atoms with E-state index >= 15 is 0 Å². The summed E-state index contributed by atoms with van der Waals surface area (Å²) < 4.78 is 16.1. The van der Waals surface area contributed by atoms with Crippen LogP contribution in [0.5, 0.6) is 0 Å². The van der Waals surface area contributed by atoms with Crippen LogP contribution in [0.15, 0.2) is 0 Å². The van der Waals surface area contributed by atoms with Gasteiger partial charge in [0.15, 0.2) is 0 Å². The summed E-state index contributed by atoms with van der Waals surface area (Å²) >= 11 is 0. The van der Waals surface area contributed by atoms with Gasteiger partial charge in [-0.15, -0.1) is 0 Å². The molecule has 0 saturated carbocycles. The molecule has 4 atom stereocenters. The number of carbonyl (C=O) groups is 1. The van der Waals surface area contributed by atoms with E-state index in [9.17, 15) is 15.0 Å². The number of aliphatic hydroxyl groups excluding tert-OH is 2. The van der Waals surface area contributed by atoms with Crippen LogP contribution >= 0.6 is 0 Å². The quantitative estimate of drug-likeness (QED) is 0.360. The Labute approximate surface area is 124 Å². The third-order valence-electron chi connectivity index (χ3n) is 3.17. The van der Waals surface area contributed by atoms with Crippen molar-refractivity contribution in [3.8, 4) is 0 Å². The molecule has 8 heteroatoms. The minimum atomic E-state index is -1.10. The molecular weight excluding hydrogens is 280 g/mol. The molecule has 1 rings (SSSR count). The third-order valence-corrected chi connectivity index (χ3v) is 3.17. The summed E-state index contributed by atoms with van der Waals surface area (Å²) in [6, 6.07) is -0.598. The minimum Gasteiger partial charge on any atom is -0.388 e. The van der Waals surface area contributed by atoms with E-state index in [-0.39, 0.29) is 19.1 Å². The molecule has 0 aliphatic carbocycles. The van der Waals surface area contributed by atoms with Crippen molar-refractivity contribution in [3.63, 3.8) is 0 Å². The average molecular weight is 306 g/mol. The van der Waals surface area contributed by atoms with Gasteiger partial charge in [-0.05, 0) is 7.05 Å². The molecule has 0 unspecified atom stereocenters. The van der Waals surface area contributed by atoms with E-state index in [1.54, 1.807) is 0 Å². The van der Waals surface area contributed by atoms with Crippen LogP contribution < -0.4 is 10.6 Å². The molecule has 8 nitrogen and oxygen atoms in total. The van der Waals surface area contributed by atoms with Gasteiger partial charge < -0.3 is 35.1 Å². The summed E-state index contributed by atoms with van der Waals surface area (Å²) in [5.74, 6) is -0.275. The molecule has 0 spiro atoms. The molecule has 0 aromatic heterocycles. The van der Waals surface area contributed by atoms with E-state index in [1.807, 2.05) is 7.05 Å². The van der Waals surface area contributed by atoms with Crippen LogP contribution in [0.1, 0.15) is 6.92 Å². The minimum absolute atomic E-state index is 0.143. The smallest absolute Gasteiger partial charge is 0.217 e. The fourth-order valence-electron chi connectivity index (χ4n) is 2.01. The van der Waals surface area contributed by atoms with E-state index in [4.69, 9.17) is 14.2 Å². The van der Waals surface area contributed by atoms with Gasteiger partial charge in [0, 0.05) is 13.5 Å². The summed E-state index contributed by atoms with van der Waals surface area (Å²) in [5, 5.41) is 25.4. The SMILES string of the molecule is CNCCOCCOC[C@H]1OC[C@@H](NC(C)=O)[C@@H](O)[C@H]1O. The lowest BCUT2D eigenvalue weighted by Crippen LogP contribution is -2.59. The van der Waals surface area contributed by atoms with Crippen LogP contribution in [0.4, 0.5) is 0 Å². The van der Waals surface area contributed by atoms with Gasteiger partial charge >= 0.3 is 0 Å². The number of aliphatic hydroxyl groups is 2. The predicted octanol–water partition coefficient (Wildman–Crippen LogP) is -2.14. The number of ether oxygens (including phenoxy) is 3. The third kappa shape index (κ3) is 6.68. The molecule has 1 saturated heterocycles. The van der Waals surface area contributed by atoms with Crippen LogP contribution in [0.25, 0.3) is 0 Å². The van der Waals surface area contributed by atoms with Gasteiger partial charge in [-0.3, -0.25) is 4.79 Å². The van der Waals surface area contributed by atoms with Gasteiger partial charge in [-0.25, -0.2) is 0 Å². The Morgan fingerprint density at radius 1 is 1.24 bits per heavy atom. The van der Waals surface area contributed by atoms with Crippen LogP contribution in [-0.4, -0.2) is 87.1 Å². The zero-order valence-corrected chi connectivity index (χ0v) is 12.6. The molecule has 21 heavy (non-hydrogen) atoms. The molecule has 1 aliphatic rings. The normalized spacial score (nSPS) is 29.3. The van der Waals surface area contributed by atoms with Gasteiger partial charge in [0.1, 0.15) is 18.3 Å². The number of likely N-dealkylation sites (N-methyl/N-ethyl adjacent to an activating group) is 1. The maximum Gasteiger partial charge on any atom is 0.217 e. The molecule has 0 aromatic carbocycles. The van der Waals surface area contributed by atoms with Crippen molar-refractivity contribution < 1.29 is 29.2 Å². The van der Waals surface area contributed by atoms with Crippen LogP contribution in [0, 0.1) is 0 Å². The summed E-state index contributed by atoms with van der Waals surface area (Å²) in [5.41, 5.74) is 0. The monoisotopic (exact) mass is 306 g/mol. The highest BCUT2D eigenvalue weighted by Gasteiger charge is 2.38. The second-order valence-electron chi connectivity index (χ2n) is 4.95. The standard InChI is InChI=1S/C13H26N2O6/c1-9(16)15-10-7-21-11(13(18)12(10)17)8-20-6-5-19-4-3-14-2/h10-14,17-18H,3-8H2,1-2H3,(H,15,16)/t10-,11-,12-,13+/m1/s1. The molecule has 4 N–H and O–H groups in total. The van der Waals surface area contributed by atoms with E-state index < -0.39 is 24.4 Å². The topological polar surface area (TPSA) is 109 Å². The largest absolute Gasteiger partial charge is 0.388 e. The lowest BCUT2D eigenvalue weighted by Gasteiger charge is -2.37. The number of amides is 1. The van der Waals surface area contributed by atoms with Crippen molar-refractivity contribution >= 4 is 5.91 Å². The van der Waals surface area contributed by atoms with Crippen molar-refractivity contribution in [2.24, 2.45) is 0 Å². The molecule has 1 amide bonds. The van der Waals surface area contributed by atoms with Crippen LogP contribution in [0.3, 0.4) is 0 Å². The van der Waals surface area contributed by atoms with Gasteiger partial charge in [0.05, 0.1) is 39.1 Å². The van der Waals surface area contributed by atoms with Gasteiger partial charge in [0.25, 0.3) is 0 Å². The Kier molecular flexibility index (Phi) is 8.74. The first-order valence-corrected chi connectivity index (χ1v) is 7.11. The van der Waals surface area contributed by atoms with Crippen molar-refractivity contribution in [1.29, 1.82) is 0 Å².